The number of hydrogen-bond acceptors (Lipinski definition) is 3. The first kappa shape index (κ1) is 15.7. The molecule has 0 radical (unpaired) electrons. The van der Waals surface area contributed by atoms with Gasteiger partial charge >= 0.3 is 0 Å². The van der Waals surface area contributed by atoms with Gasteiger partial charge in [-0.05, 0) is 50.6 Å². The Morgan fingerprint density at radius 1 is 1.32 bits per heavy atom. The standard InChI is InChI=1S/C18H18N2O2/c1-13-7-8-14(12-19)10-15(13)16(11-18(2,3)22)20-9-5-4-6-17(20)21/h4-11,22H,1-3H3/b16-11+. The molecule has 0 aliphatic rings. The molecule has 1 heterocycles. The maximum atomic E-state index is 12.2. The summed E-state index contributed by atoms with van der Waals surface area (Å²) in [6.07, 6.45) is 3.27. The van der Waals surface area contributed by atoms with Gasteiger partial charge in [0, 0.05) is 17.8 Å². The maximum absolute atomic E-state index is 12.2. The van der Waals surface area contributed by atoms with Crippen molar-refractivity contribution in [1.82, 2.24) is 4.57 Å². The van der Waals surface area contributed by atoms with E-state index in [9.17, 15) is 9.90 Å². The zero-order chi connectivity index (χ0) is 16.3. The molecule has 0 saturated carbocycles. The maximum Gasteiger partial charge on any atom is 0.255 e. The van der Waals surface area contributed by atoms with Crippen molar-refractivity contribution in [3.63, 3.8) is 0 Å². The quantitative estimate of drug-likeness (QED) is 0.946. The van der Waals surface area contributed by atoms with Crippen molar-refractivity contribution in [3.05, 3.63) is 75.7 Å². The predicted octanol–water partition coefficient (Wildman–Crippen LogP) is 2.69. The Labute approximate surface area is 129 Å². The van der Waals surface area contributed by atoms with E-state index in [1.165, 1.54) is 10.6 Å². The summed E-state index contributed by atoms with van der Waals surface area (Å²) in [4.78, 5) is 12.2. The van der Waals surface area contributed by atoms with Crippen molar-refractivity contribution < 1.29 is 5.11 Å². The summed E-state index contributed by atoms with van der Waals surface area (Å²) in [6.45, 7) is 5.19. The van der Waals surface area contributed by atoms with Gasteiger partial charge in [0.05, 0.1) is 22.9 Å². The molecule has 0 amide bonds. The molecule has 0 fully saturated rings. The van der Waals surface area contributed by atoms with Crippen LogP contribution in [0, 0.1) is 18.3 Å². The minimum atomic E-state index is -1.10. The molecule has 0 bridgehead atoms. The van der Waals surface area contributed by atoms with E-state index in [1.54, 1.807) is 50.4 Å². The van der Waals surface area contributed by atoms with Gasteiger partial charge in [-0.1, -0.05) is 12.1 Å². The summed E-state index contributed by atoms with van der Waals surface area (Å²) in [5, 5.41) is 19.3. The van der Waals surface area contributed by atoms with Gasteiger partial charge < -0.3 is 5.11 Å². The molecular weight excluding hydrogens is 276 g/mol. The molecule has 2 aromatic rings. The summed E-state index contributed by atoms with van der Waals surface area (Å²) in [6, 6.07) is 12.3. The minimum Gasteiger partial charge on any atom is -0.386 e. The molecule has 112 valence electrons. The molecule has 0 aliphatic carbocycles. The van der Waals surface area contributed by atoms with Crippen LogP contribution in [0.1, 0.15) is 30.5 Å². The van der Waals surface area contributed by atoms with Crippen LogP contribution in [-0.2, 0) is 0 Å². The van der Waals surface area contributed by atoms with E-state index >= 15 is 0 Å². The Kier molecular flexibility index (Phi) is 4.30. The van der Waals surface area contributed by atoms with E-state index in [0.717, 1.165) is 11.1 Å². The minimum absolute atomic E-state index is 0.195. The molecule has 1 aromatic heterocycles. The molecule has 0 unspecified atom stereocenters. The van der Waals surface area contributed by atoms with Crippen molar-refractivity contribution in [2.75, 3.05) is 0 Å². The highest BCUT2D eigenvalue weighted by Gasteiger charge is 2.16. The van der Waals surface area contributed by atoms with Gasteiger partial charge in [-0.15, -0.1) is 0 Å². The second-order valence-electron chi connectivity index (χ2n) is 5.73. The molecule has 0 saturated heterocycles. The molecular formula is C18H18N2O2. The third kappa shape index (κ3) is 3.51. The summed E-state index contributed by atoms with van der Waals surface area (Å²) in [5.74, 6) is 0. The molecule has 0 spiro atoms. The first-order valence-corrected chi connectivity index (χ1v) is 6.96. The fraction of sp³-hybridized carbons (Fsp3) is 0.222. The van der Waals surface area contributed by atoms with Crippen LogP contribution >= 0.6 is 0 Å². The van der Waals surface area contributed by atoms with Crippen LogP contribution in [0.3, 0.4) is 0 Å². The lowest BCUT2D eigenvalue weighted by Gasteiger charge is -2.19. The van der Waals surface area contributed by atoms with Gasteiger partial charge in [0.2, 0.25) is 0 Å². The molecule has 4 heteroatoms. The number of aryl methyl sites for hydroxylation is 1. The van der Waals surface area contributed by atoms with Gasteiger partial charge in [-0.3, -0.25) is 9.36 Å². The second kappa shape index (κ2) is 6.00. The van der Waals surface area contributed by atoms with Crippen molar-refractivity contribution in [3.8, 4) is 6.07 Å². The summed E-state index contributed by atoms with van der Waals surface area (Å²) in [7, 11) is 0. The van der Waals surface area contributed by atoms with Crippen molar-refractivity contribution in [2.24, 2.45) is 0 Å². The molecule has 0 aliphatic heterocycles. The largest absolute Gasteiger partial charge is 0.386 e. The topological polar surface area (TPSA) is 66.0 Å². The van der Waals surface area contributed by atoms with E-state index in [1.807, 2.05) is 13.0 Å². The molecule has 1 N–H and O–H groups in total. The summed E-state index contributed by atoms with van der Waals surface area (Å²) < 4.78 is 1.47. The number of aliphatic hydroxyl groups is 1. The zero-order valence-corrected chi connectivity index (χ0v) is 12.9. The third-order valence-electron chi connectivity index (χ3n) is 3.21. The number of pyridine rings is 1. The van der Waals surface area contributed by atoms with E-state index in [0.29, 0.717) is 11.3 Å². The number of nitrogens with zero attached hydrogens (tertiary/aromatic N) is 2. The molecule has 22 heavy (non-hydrogen) atoms. The van der Waals surface area contributed by atoms with Gasteiger partial charge in [0.25, 0.3) is 5.56 Å². The van der Waals surface area contributed by atoms with Gasteiger partial charge in [-0.2, -0.15) is 5.26 Å². The number of aromatic nitrogens is 1. The Morgan fingerprint density at radius 3 is 2.64 bits per heavy atom. The van der Waals surface area contributed by atoms with Crippen LogP contribution in [0.4, 0.5) is 0 Å². The van der Waals surface area contributed by atoms with Crippen LogP contribution in [0.5, 0.6) is 0 Å². The Hall–Kier alpha value is -2.64. The van der Waals surface area contributed by atoms with E-state index in [4.69, 9.17) is 5.26 Å². The lowest BCUT2D eigenvalue weighted by atomic mass is 9.98. The van der Waals surface area contributed by atoms with Crippen molar-refractivity contribution >= 4 is 5.70 Å². The fourth-order valence-electron chi connectivity index (χ4n) is 2.21. The van der Waals surface area contributed by atoms with Crippen molar-refractivity contribution in [2.45, 2.75) is 26.4 Å². The van der Waals surface area contributed by atoms with Crippen LogP contribution in [-0.4, -0.2) is 15.3 Å². The smallest absolute Gasteiger partial charge is 0.255 e. The number of nitriles is 1. The van der Waals surface area contributed by atoms with Crippen molar-refractivity contribution in [1.29, 1.82) is 5.26 Å². The predicted molar refractivity (Wildman–Crippen MR) is 86.3 cm³/mol. The molecule has 4 nitrogen and oxygen atoms in total. The Bertz CT molecular complexity index is 818. The summed E-state index contributed by atoms with van der Waals surface area (Å²) >= 11 is 0. The lowest BCUT2D eigenvalue weighted by Crippen LogP contribution is -2.22. The molecule has 0 atom stereocenters. The third-order valence-corrected chi connectivity index (χ3v) is 3.21. The first-order valence-electron chi connectivity index (χ1n) is 6.96. The zero-order valence-electron chi connectivity index (χ0n) is 12.9. The summed E-state index contributed by atoms with van der Waals surface area (Å²) in [5.41, 5.74) is 1.44. The van der Waals surface area contributed by atoms with Crippen LogP contribution < -0.4 is 5.56 Å². The van der Waals surface area contributed by atoms with Gasteiger partial charge in [0.1, 0.15) is 0 Å². The first-order chi connectivity index (χ1) is 10.3. The normalized spacial score (nSPS) is 12.0. The monoisotopic (exact) mass is 294 g/mol. The average Bonchev–Trinajstić information content (AvgIpc) is 2.45. The number of hydrogen-bond donors (Lipinski definition) is 1. The van der Waals surface area contributed by atoms with Gasteiger partial charge in [-0.25, -0.2) is 0 Å². The Balaban J connectivity index is 2.77. The SMILES string of the molecule is Cc1ccc(C#N)cc1/C(=C\C(C)(C)O)n1ccccc1=O. The van der Waals surface area contributed by atoms with E-state index < -0.39 is 5.60 Å². The molecule has 1 aromatic carbocycles. The lowest BCUT2D eigenvalue weighted by molar-refractivity contribution is 0.133. The highest BCUT2D eigenvalue weighted by molar-refractivity contribution is 5.70. The number of rotatable bonds is 3. The highest BCUT2D eigenvalue weighted by atomic mass is 16.3. The fourth-order valence-corrected chi connectivity index (χ4v) is 2.21. The Morgan fingerprint density at radius 2 is 2.05 bits per heavy atom. The second-order valence-corrected chi connectivity index (χ2v) is 5.73. The average molecular weight is 294 g/mol. The van der Waals surface area contributed by atoms with E-state index in [2.05, 4.69) is 6.07 Å². The number of benzene rings is 1. The van der Waals surface area contributed by atoms with Crippen LogP contribution in [0.25, 0.3) is 5.70 Å². The van der Waals surface area contributed by atoms with Crippen LogP contribution in [0.2, 0.25) is 0 Å². The van der Waals surface area contributed by atoms with Gasteiger partial charge in [0.15, 0.2) is 0 Å². The van der Waals surface area contributed by atoms with Crippen LogP contribution in [0.15, 0.2) is 53.5 Å². The highest BCUT2D eigenvalue weighted by Crippen LogP contribution is 2.24. The van der Waals surface area contributed by atoms with E-state index in [-0.39, 0.29) is 5.56 Å². The molecule has 2 rings (SSSR count).